The van der Waals surface area contributed by atoms with Crippen molar-refractivity contribution in [2.24, 2.45) is 0 Å². The molecule has 0 aliphatic heterocycles. The summed E-state index contributed by atoms with van der Waals surface area (Å²) in [6.07, 6.45) is -4.72. The SMILES string of the molecule is Cc1c(S(=O)(Cl)(Cl)CF)c(C#N)c(Cl)n1-c1c(Cl)cc(C(F)(F)F)cc1Cl. The van der Waals surface area contributed by atoms with Crippen molar-refractivity contribution < 1.29 is 21.8 Å². The van der Waals surface area contributed by atoms with E-state index >= 15 is 0 Å². The molecule has 0 fully saturated rings. The lowest BCUT2D eigenvalue weighted by Crippen LogP contribution is -2.21. The molecule has 0 unspecified atom stereocenters. The number of halogens is 9. The van der Waals surface area contributed by atoms with Gasteiger partial charge in [0.15, 0.2) is 6.01 Å². The van der Waals surface area contributed by atoms with Crippen LogP contribution < -0.4 is 0 Å². The molecule has 13 heteroatoms. The van der Waals surface area contributed by atoms with Crippen LogP contribution in [0.25, 0.3) is 5.69 Å². The first-order valence-electron chi connectivity index (χ1n) is 6.67. The minimum Gasteiger partial charge on any atom is -0.299 e. The van der Waals surface area contributed by atoms with Gasteiger partial charge in [-0.3, -0.25) is 4.57 Å². The van der Waals surface area contributed by atoms with Crippen LogP contribution >= 0.6 is 56.2 Å². The monoisotopic (exact) mass is 502 g/mol. The molecule has 1 aromatic heterocycles. The molecule has 0 amide bonds. The summed E-state index contributed by atoms with van der Waals surface area (Å²) in [6.45, 7) is 1.24. The van der Waals surface area contributed by atoms with Gasteiger partial charge >= 0.3 is 6.18 Å². The van der Waals surface area contributed by atoms with Crippen molar-refractivity contribution in [2.75, 3.05) is 6.01 Å². The van der Waals surface area contributed by atoms with Crippen molar-refractivity contribution >= 4 is 63.7 Å². The maximum absolute atomic E-state index is 13.4. The smallest absolute Gasteiger partial charge is 0.299 e. The summed E-state index contributed by atoms with van der Waals surface area (Å²) in [5.41, 5.74) is -2.05. The average molecular weight is 505 g/mol. The number of hydrogen-bond donors (Lipinski definition) is 0. The Balaban J connectivity index is 2.94. The first kappa shape index (κ1) is 22.6. The Kier molecular flexibility index (Phi) is 5.84. The molecule has 148 valence electrons. The first-order chi connectivity index (χ1) is 12.1. The van der Waals surface area contributed by atoms with E-state index in [9.17, 15) is 27.0 Å². The van der Waals surface area contributed by atoms with Crippen LogP contribution in [0, 0.1) is 18.3 Å². The summed E-state index contributed by atoms with van der Waals surface area (Å²) in [4.78, 5) is -0.586. The fourth-order valence-electron chi connectivity index (χ4n) is 2.46. The van der Waals surface area contributed by atoms with Gasteiger partial charge in [-0.15, -0.1) is 0 Å². The molecule has 0 bridgehead atoms. The van der Waals surface area contributed by atoms with E-state index in [1.807, 2.05) is 0 Å². The highest BCUT2D eigenvalue weighted by atomic mass is 36.0. The fraction of sp³-hybridized carbons (Fsp3) is 0.214. The van der Waals surface area contributed by atoms with Gasteiger partial charge in [-0.1, -0.05) is 34.8 Å². The summed E-state index contributed by atoms with van der Waals surface area (Å²) >= 11 is 18.0. The number of nitriles is 1. The van der Waals surface area contributed by atoms with Crippen LogP contribution in [0.1, 0.15) is 16.8 Å². The summed E-state index contributed by atoms with van der Waals surface area (Å²) in [5, 5.41) is 7.93. The molecule has 0 atom stereocenters. The zero-order valence-corrected chi connectivity index (χ0v) is 17.6. The topological polar surface area (TPSA) is 45.8 Å². The van der Waals surface area contributed by atoms with E-state index in [2.05, 4.69) is 0 Å². The number of hydrogen-bond acceptors (Lipinski definition) is 2. The predicted octanol–water partition coefficient (Wildman–Crippen LogP) is 7.05. The molecular weight excluding hydrogens is 497 g/mol. The third kappa shape index (κ3) is 3.91. The highest BCUT2D eigenvalue weighted by Crippen LogP contribution is 2.52. The largest absolute Gasteiger partial charge is 0.416 e. The van der Waals surface area contributed by atoms with Gasteiger partial charge in [0.2, 0.25) is 0 Å². The highest BCUT2D eigenvalue weighted by Gasteiger charge is 2.43. The number of benzene rings is 1. The maximum atomic E-state index is 13.4. The van der Waals surface area contributed by atoms with Crippen LogP contribution in [0.3, 0.4) is 0 Å². The van der Waals surface area contributed by atoms with E-state index in [-0.39, 0.29) is 11.4 Å². The van der Waals surface area contributed by atoms with Gasteiger partial charge in [0.25, 0.3) is 0 Å². The van der Waals surface area contributed by atoms with Gasteiger partial charge < -0.3 is 0 Å². The minimum absolute atomic E-state index is 0.167. The van der Waals surface area contributed by atoms with Gasteiger partial charge in [0.1, 0.15) is 16.8 Å². The van der Waals surface area contributed by atoms with Crippen LogP contribution in [-0.4, -0.2) is 14.8 Å². The molecule has 0 aliphatic carbocycles. The van der Waals surface area contributed by atoms with Crippen molar-refractivity contribution in [3.8, 4) is 11.8 Å². The van der Waals surface area contributed by atoms with Crippen molar-refractivity contribution in [3.63, 3.8) is 0 Å². The van der Waals surface area contributed by atoms with Crippen LogP contribution in [0.5, 0.6) is 0 Å². The molecule has 0 aliphatic rings. The van der Waals surface area contributed by atoms with Gasteiger partial charge in [0.05, 0.1) is 33.7 Å². The second kappa shape index (κ2) is 6.97. The Morgan fingerprint density at radius 3 is 2.04 bits per heavy atom. The Bertz CT molecular complexity index is 1030. The number of aromatic nitrogens is 1. The van der Waals surface area contributed by atoms with Crippen molar-refractivity contribution in [3.05, 3.63) is 44.2 Å². The van der Waals surface area contributed by atoms with Crippen molar-refractivity contribution in [1.29, 1.82) is 5.26 Å². The zero-order valence-electron chi connectivity index (χ0n) is 13.0. The summed E-state index contributed by atoms with van der Waals surface area (Å²) in [6, 6.07) is 1.08. The molecule has 0 radical (unpaired) electrons. The molecule has 0 saturated carbocycles. The van der Waals surface area contributed by atoms with E-state index in [4.69, 9.17) is 56.2 Å². The first-order valence-corrected chi connectivity index (χ1v) is 11.6. The molecule has 27 heavy (non-hydrogen) atoms. The molecular formula is C14H7Cl5F4N2OS. The molecule has 0 saturated heterocycles. The molecule has 1 heterocycles. The highest BCUT2D eigenvalue weighted by molar-refractivity contribution is 8.53. The second-order valence-corrected chi connectivity index (χ2v) is 13.3. The van der Waals surface area contributed by atoms with E-state index in [1.165, 1.54) is 6.92 Å². The van der Waals surface area contributed by atoms with Gasteiger partial charge in [-0.25, -0.2) is 8.60 Å². The number of nitrogens with zero attached hydrogens (tertiary/aromatic N) is 2. The summed E-state index contributed by atoms with van der Waals surface area (Å²) in [7, 11) is 6.31. The average Bonchev–Trinajstić information content (AvgIpc) is 2.78. The number of alkyl halides is 4. The van der Waals surface area contributed by atoms with E-state index in [1.54, 1.807) is 6.07 Å². The maximum Gasteiger partial charge on any atom is 0.416 e. The third-order valence-electron chi connectivity index (χ3n) is 3.54. The van der Waals surface area contributed by atoms with Crippen LogP contribution in [0.2, 0.25) is 15.2 Å². The quantitative estimate of drug-likeness (QED) is 0.332. The standard InChI is InChI=1S/C14H7Cl5F4N2OS/c1-6-12(27(18,19,26)5-20)8(4-24)13(17)25(6)11-9(15)2-7(3-10(11)16)14(21,22)23/h2-3H,5H2,1H3. The van der Waals surface area contributed by atoms with Gasteiger partial charge in [0, 0.05) is 5.69 Å². The van der Waals surface area contributed by atoms with Gasteiger partial charge in [-0.2, -0.15) is 18.4 Å². The molecule has 0 N–H and O–H groups in total. The lowest BCUT2D eigenvalue weighted by atomic mass is 10.2. The van der Waals surface area contributed by atoms with Crippen LogP contribution in [0.15, 0.2) is 17.0 Å². The van der Waals surface area contributed by atoms with Gasteiger partial charge in [-0.05, 0) is 40.4 Å². The van der Waals surface area contributed by atoms with E-state index in [0.29, 0.717) is 12.1 Å². The van der Waals surface area contributed by atoms with Crippen LogP contribution in [0.4, 0.5) is 17.6 Å². The number of rotatable bonds is 3. The van der Waals surface area contributed by atoms with Crippen molar-refractivity contribution in [1.82, 2.24) is 4.57 Å². The summed E-state index contributed by atoms with van der Waals surface area (Å²) in [5.74, 6) is 0. The molecule has 0 spiro atoms. The minimum atomic E-state index is -5.15. The molecule has 3 nitrogen and oxygen atoms in total. The molecule has 1 aromatic carbocycles. The Morgan fingerprint density at radius 2 is 1.67 bits per heavy atom. The molecule has 2 rings (SSSR count). The van der Waals surface area contributed by atoms with E-state index < -0.39 is 50.9 Å². The Morgan fingerprint density at radius 1 is 1.19 bits per heavy atom. The second-order valence-electron chi connectivity index (χ2n) is 5.33. The normalized spacial score (nSPS) is 13.9. The lowest BCUT2D eigenvalue weighted by Gasteiger charge is -2.25. The Labute approximate surface area is 174 Å². The van der Waals surface area contributed by atoms with E-state index in [0.717, 1.165) is 4.57 Å². The van der Waals surface area contributed by atoms with Crippen molar-refractivity contribution in [2.45, 2.75) is 18.0 Å². The Hall–Kier alpha value is -0.690. The lowest BCUT2D eigenvalue weighted by molar-refractivity contribution is -0.137. The predicted molar refractivity (Wildman–Crippen MR) is 99.3 cm³/mol. The third-order valence-corrected chi connectivity index (χ3v) is 7.52. The van der Waals surface area contributed by atoms with Crippen LogP contribution in [-0.2, 0) is 13.7 Å². The molecule has 2 aromatic rings. The summed E-state index contributed by atoms with van der Waals surface area (Å²) < 4.78 is 65.7. The fourth-order valence-corrected chi connectivity index (χ4v) is 5.93. The zero-order chi connectivity index (χ0) is 21.0.